The second-order valence-corrected chi connectivity index (χ2v) is 7.37. The van der Waals surface area contributed by atoms with Crippen LogP contribution in [0.15, 0.2) is 0 Å². The maximum atomic E-state index is 9.93. The summed E-state index contributed by atoms with van der Waals surface area (Å²) in [6.07, 6.45) is 15.4. The van der Waals surface area contributed by atoms with Crippen molar-refractivity contribution < 1.29 is 20.1 Å². The van der Waals surface area contributed by atoms with E-state index in [4.69, 9.17) is 14.9 Å². The number of unbranched alkanes of at least 4 members (excludes halogenated alkanes) is 11. The molecular weight excluding hydrogens is 330 g/mol. The highest BCUT2D eigenvalue weighted by Crippen LogP contribution is 2.11. The first-order valence-corrected chi connectivity index (χ1v) is 10.9. The molecule has 0 radical (unpaired) electrons. The zero-order valence-corrected chi connectivity index (χ0v) is 17.2. The lowest BCUT2D eigenvalue weighted by molar-refractivity contribution is 0.0103. The maximum Gasteiger partial charge on any atom is 0.0900 e. The van der Waals surface area contributed by atoms with E-state index >= 15 is 0 Å². The normalized spacial score (nSPS) is 12.8. The Balaban J connectivity index is 3.29. The van der Waals surface area contributed by atoms with Crippen LogP contribution in [0.4, 0.5) is 0 Å². The third-order valence-corrected chi connectivity index (χ3v) is 4.75. The summed E-state index contributed by atoms with van der Waals surface area (Å²) in [5, 5.41) is 27.8. The quantitative estimate of drug-likeness (QED) is 0.268. The van der Waals surface area contributed by atoms with E-state index in [0.29, 0.717) is 32.8 Å². The summed E-state index contributed by atoms with van der Waals surface area (Å²) < 4.78 is 5.54. The zero-order valence-electron chi connectivity index (χ0n) is 17.2. The molecule has 0 heterocycles. The molecule has 3 N–H and O–H groups in total. The lowest BCUT2D eigenvalue weighted by Crippen LogP contribution is -2.38. The fraction of sp³-hybridized carbons (Fsp3) is 1.00. The van der Waals surface area contributed by atoms with Crippen molar-refractivity contribution in [3.8, 4) is 0 Å². The van der Waals surface area contributed by atoms with Crippen LogP contribution in [0, 0.1) is 0 Å². The summed E-state index contributed by atoms with van der Waals surface area (Å²) in [5.41, 5.74) is 0. The Kier molecular flexibility index (Phi) is 20.9. The van der Waals surface area contributed by atoms with Crippen molar-refractivity contribution >= 4 is 0 Å². The van der Waals surface area contributed by atoms with Gasteiger partial charge < -0.3 is 20.1 Å². The Labute approximate surface area is 161 Å². The minimum absolute atomic E-state index is 0.0342. The molecule has 0 aromatic rings. The van der Waals surface area contributed by atoms with Crippen molar-refractivity contribution in [2.75, 3.05) is 46.1 Å². The number of rotatable bonds is 21. The van der Waals surface area contributed by atoms with E-state index in [1.807, 2.05) is 4.90 Å². The van der Waals surface area contributed by atoms with Crippen LogP contribution in [0.5, 0.6) is 0 Å². The molecule has 5 heteroatoms. The van der Waals surface area contributed by atoms with Gasteiger partial charge in [-0.15, -0.1) is 0 Å². The summed E-state index contributed by atoms with van der Waals surface area (Å²) in [5.74, 6) is 0. The van der Waals surface area contributed by atoms with Crippen LogP contribution in [0.25, 0.3) is 0 Å². The highest BCUT2D eigenvalue weighted by atomic mass is 16.5. The summed E-state index contributed by atoms with van der Waals surface area (Å²) in [6, 6.07) is 0. The van der Waals surface area contributed by atoms with Gasteiger partial charge in [-0.25, -0.2) is 0 Å². The molecule has 0 aromatic carbocycles. The van der Waals surface area contributed by atoms with E-state index in [1.54, 1.807) is 0 Å². The van der Waals surface area contributed by atoms with E-state index in [-0.39, 0.29) is 13.2 Å². The molecule has 26 heavy (non-hydrogen) atoms. The minimum Gasteiger partial charge on any atom is -0.395 e. The second-order valence-electron chi connectivity index (χ2n) is 7.37. The van der Waals surface area contributed by atoms with Crippen LogP contribution in [0.3, 0.4) is 0 Å². The molecule has 0 spiro atoms. The molecule has 5 nitrogen and oxygen atoms in total. The fourth-order valence-corrected chi connectivity index (χ4v) is 3.19. The fourth-order valence-electron chi connectivity index (χ4n) is 3.19. The molecule has 0 aromatic heterocycles. The molecule has 0 aliphatic rings. The van der Waals surface area contributed by atoms with Gasteiger partial charge in [0.2, 0.25) is 0 Å². The molecular formula is C21H45NO4. The summed E-state index contributed by atoms with van der Waals surface area (Å²) in [7, 11) is 0. The number of nitrogens with zero attached hydrogens (tertiary/aromatic N) is 1. The van der Waals surface area contributed by atoms with Gasteiger partial charge in [0.1, 0.15) is 0 Å². The molecule has 0 saturated heterocycles. The van der Waals surface area contributed by atoms with Crippen molar-refractivity contribution in [3.63, 3.8) is 0 Å². The predicted molar refractivity (Wildman–Crippen MR) is 109 cm³/mol. The summed E-state index contributed by atoms with van der Waals surface area (Å²) >= 11 is 0. The van der Waals surface area contributed by atoms with Gasteiger partial charge in [0.05, 0.1) is 25.9 Å². The molecule has 0 aliphatic carbocycles. The first-order chi connectivity index (χ1) is 12.7. The first kappa shape index (κ1) is 25.8. The monoisotopic (exact) mass is 375 g/mol. The molecule has 0 bridgehead atoms. The Morgan fingerprint density at radius 2 is 1.19 bits per heavy atom. The zero-order chi connectivity index (χ0) is 19.3. The first-order valence-electron chi connectivity index (χ1n) is 10.9. The van der Waals surface area contributed by atoms with Gasteiger partial charge in [-0.2, -0.15) is 0 Å². The van der Waals surface area contributed by atoms with Crippen molar-refractivity contribution in [1.82, 2.24) is 4.90 Å². The highest BCUT2D eigenvalue weighted by Gasteiger charge is 2.11. The molecule has 158 valence electrons. The van der Waals surface area contributed by atoms with Gasteiger partial charge in [-0.1, -0.05) is 77.6 Å². The standard InChI is InChI=1S/C21H45NO4/c1-2-3-4-5-6-7-8-9-10-11-12-13-18-26-20-21(25)19-22(14-16-23)15-17-24/h21,23-25H,2-20H2,1H3/t21-/m1/s1. The van der Waals surface area contributed by atoms with Gasteiger partial charge in [-0.05, 0) is 6.42 Å². The molecule has 0 aliphatic heterocycles. The van der Waals surface area contributed by atoms with E-state index in [0.717, 1.165) is 6.42 Å². The second kappa shape index (κ2) is 21.1. The van der Waals surface area contributed by atoms with E-state index in [9.17, 15) is 5.11 Å². The highest BCUT2D eigenvalue weighted by molar-refractivity contribution is 4.64. The van der Waals surface area contributed by atoms with E-state index in [1.165, 1.54) is 70.6 Å². The third kappa shape index (κ3) is 18.6. The van der Waals surface area contributed by atoms with Crippen molar-refractivity contribution in [1.29, 1.82) is 0 Å². The Hall–Kier alpha value is -0.200. The van der Waals surface area contributed by atoms with E-state index in [2.05, 4.69) is 6.92 Å². The Morgan fingerprint density at radius 1 is 0.731 bits per heavy atom. The average molecular weight is 376 g/mol. The van der Waals surface area contributed by atoms with Crippen molar-refractivity contribution in [2.45, 2.75) is 90.1 Å². The van der Waals surface area contributed by atoms with Crippen LogP contribution < -0.4 is 0 Å². The topological polar surface area (TPSA) is 73.2 Å². The number of hydrogen-bond donors (Lipinski definition) is 3. The van der Waals surface area contributed by atoms with Crippen LogP contribution >= 0.6 is 0 Å². The summed E-state index contributed by atoms with van der Waals surface area (Å²) in [4.78, 5) is 1.85. The number of aliphatic hydroxyl groups excluding tert-OH is 3. The SMILES string of the molecule is CCCCCCCCCCCCCCOC[C@H](O)CN(CCO)CCO. The molecule has 0 amide bonds. The smallest absolute Gasteiger partial charge is 0.0900 e. The van der Waals surface area contributed by atoms with Gasteiger partial charge in [0.15, 0.2) is 0 Å². The molecule has 0 rings (SSSR count). The van der Waals surface area contributed by atoms with Gasteiger partial charge >= 0.3 is 0 Å². The molecule has 1 atom stereocenters. The van der Waals surface area contributed by atoms with Crippen LogP contribution in [-0.4, -0.2) is 72.4 Å². The summed E-state index contributed by atoms with van der Waals surface area (Å²) in [6.45, 7) is 4.73. The molecule has 0 fully saturated rings. The van der Waals surface area contributed by atoms with Gasteiger partial charge in [0, 0.05) is 26.2 Å². The maximum absolute atomic E-state index is 9.93. The minimum atomic E-state index is -0.564. The average Bonchev–Trinajstić information content (AvgIpc) is 2.62. The lowest BCUT2D eigenvalue weighted by Gasteiger charge is -2.23. The van der Waals surface area contributed by atoms with Crippen molar-refractivity contribution in [2.24, 2.45) is 0 Å². The largest absolute Gasteiger partial charge is 0.395 e. The number of aliphatic hydroxyl groups is 3. The van der Waals surface area contributed by atoms with Gasteiger partial charge in [-0.3, -0.25) is 4.90 Å². The Morgan fingerprint density at radius 3 is 1.65 bits per heavy atom. The third-order valence-electron chi connectivity index (χ3n) is 4.75. The lowest BCUT2D eigenvalue weighted by atomic mass is 10.1. The van der Waals surface area contributed by atoms with Crippen LogP contribution in [0.1, 0.15) is 84.0 Å². The number of ether oxygens (including phenoxy) is 1. The van der Waals surface area contributed by atoms with Crippen LogP contribution in [-0.2, 0) is 4.74 Å². The molecule has 0 saturated carbocycles. The Bertz CT molecular complexity index is 260. The molecule has 0 unspecified atom stereocenters. The van der Waals surface area contributed by atoms with E-state index < -0.39 is 6.10 Å². The van der Waals surface area contributed by atoms with Gasteiger partial charge in [0.25, 0.3) is 0 Å². The number of hydrogen-bond acceptors (Lipinski definition) is 5. The van der Waals surface area contributed by atoms with Crippen molar-refractivity contribution in [3.05, 3.63) is 0 Å². The predicted octanol–water partition coefficient (Wildman–Crippen LogP) is 3.35. The van der Waals surface area contributed by atoms with Crippen LogP contribution in [0.2, 0.25) is 0 Å².